The molecule has 3 rings (SSSR count). The van der Waals surface area contributed by atoms with E-state index in [0.717, 1.165) is 32.4 Å². The number of aromatic nitrogens is 3. The zero-order valence-corrected chi connectivity index (χ0v) is 13.5. The SMILES string of the molecule is CN(C)Cc1csc(Nc2nnc(-c3cccs3)s2)n1. The number of hydrogen-bond acceptors (Lipinski definition) is 8. The van der Waals surface area contributed by atoms with E-state index in [-0.39, 0.29) is 0 Å². The van der Waals surface area contributed by atoms with Crippen LogP contribution in [0.15, 0.2) is 22.9 Å². The van der Waals surface area contributed by atoms with Gasteiger partial charge in [0, 0.05) is 11.9 Å². The van der Waals surface area contributed by atoms with Crippen LogP contribution < -0.4 is 5.32 Å². The molecule has 0 aliphatic carbocycles. The fourth-order valence-electron chi connectivity index (χ4n) is 1.63. The second kappa shape index (κ2) is 5.96. The van der Waals surface area contributed by atoms with Crippen LogP contribution in [0.1, 0.15) is 5.69 Å². The van der Waals surface area contributed by atoms with Crippen molar-refractivity contribution in [3.05, 3.63) is 28.6 Å². The van der Waals surface area contributed by atoms with Gasteiger partial charge in [0.05, 0.1) is 10.6 Å². The van der Waals surface area contributed by atoms with Crippen molar-refractivity contribution >= 4 is 44.3 Å². The molecule has 3 heterocycles. The molecule has 0 unspecified atom stereocenters. The number of thiophene rings is 1. The number of nitrogens with zero attached hydrogens (tertiary/aromatic N) is 4. The lowest BCUT2D eigenvalue weighted by molar-refractivity contribution is 0.398. The fourth-order valence-corrected chi connectivity index (χ4v) is 3.93. The van der Waals surface area contributed by atoms with Crippen molar-refractivity contribution in [3.63, 3.8) is 0 Å². The molecule has 0 aliphatic rings. The summed E-state index contributed by atoms with van der Waals surface area (Å²) in [6, 6.07) is 4.07. The van der Waals surface area contributed by atoms with Crippen molar-refractivity contribution in [3.8, 4) is 9.88 Å². The first-order valence-electron chi connectivity index (χ1n) is 5.94. The molecule has 0 amide bonds. The van der Waals surface area contributed by atoms with Crippen molar-refractivity contribution in [2.24, 2.45) is 0 Å². The standard InChI is InChI=1S/C12H13N5S3/c1-17(2)6-8-7-19-11(13-8)14-12-16-15-10(20-12)9-4-3-5-18-9/h3-5,7H,6H2,1-2H3,(H,13,14,16). The third-order valence-electron chi connectivity index (χ3n) is 2.40. The maximum absolute atomic E-state index is 4.52. The Kier molecular flexibility index (Phi) is 4.06. The van der Waals surface area contributed by atoms with Crippen LogP contribution in [0.2, 0.25) is 0 Å². The summed E-state index contributed by atoms with van der Waals surface area (Å²) in [5, 5.41) is 18.2. The van der Waals surface area contributed by atoms with E-state index in [0.29, 0.717) is 0 Å². The highest BCUT2D eigenvalue weighted by Crippen LogP contribution is 2.31. The minimum Gasteiger partial charge on any atom is -0.306 e. The molecule has 3 aromatic heterocycles. The van der Waals surface area contributed by atoms with Crippen LogP contribution in [-0.2, 0) is 6.54 Å². The highest BCUT2D eigenvalue weighted by Gasteiger charge is 2.09. The molecular formula is C12H13N5S3. The molecule has 3 aromatic rings. The molecule has 0 aromatic carbocycles. The smallest absolute Gasteiger partial charge is 0.212 e. The topological polar surface area (TPSA) is 53.9 Å². The summed E-state index contributed by atoms with van der Waals surface area (Å²) >= 11 is 4.80. The van der Waals surface area contributed by atoms with Gasteiger partial charge < -0.3 is 10.2 Å². The van der Waals surface area contributed by atoms with Gasteiger partial charge in [-0.3, -0.25) is 0 Å². The fraction of sp³-hybridized carbons (Fsp3) is 0.250. The maximum Gasteiger partial charge on any atom is 0.212 e. The highest BCUT2D eigenvalue weighted by molar-refractivity contribution is 7.23. The summed E-state index contributed by atoms with van der Waals surface area (Å²) in [6.45, 7) is 0.842. The number of nitrogens with one attached hydrogen (secondary N) is 1. The minimum absolute atomic E-state index is 0.777. The van der Waals surface area contributed by atoms with Gasteiger partial charge in [-0.2, -0.15) is 0 Å². The number of thiazole rings is 1. The summed E-state index contributed by atoms with van der Waals surface area (Å²) in [7, 11) is 4.06. The zero-order valence-electron chi connectivity index (χ0n) is 11.0. The normalized spacial score (nSPS) is 11.2. The molecule has 0 radical (unpaired) electrons. The molecule has 0 aliphatic heterocycles. The zero-order chi connectivity index (χ0) is 13.9. The van der Waals surface area contributed by atoms with Crippen molar-refractivity contribution in [1.82, 2.24) is 20.1 Å². The number of anilines is 2. The minimum atomic E-state index is 0.777. The molecule has 8 heteroatoms. The third-order valence-corrected chi connectivity index (χ3v) is 5.09. The third kappa shape index (κ3) is 3.21. The Morgan fingerprint density at radius 3 is 2.85 bits per heavy atom. The molecular weight excluding hydrogens is 310 g/mol. The van der Waals surface area contributed by atoms with E-state index in [4.69, 9.17) is 0 Å². The van der Waals surface area contributed by atoms with Gasteiger partial charge >= 0.3 is 0 Å². The van der Waals surface area contributed by atoms with Gasteiger partial charge in [0.2, 0.25) is 5.13 Å². The van der Waals surface area contributed by atoms with Gasteiger partial charge in [-0.1, -0.05) is 17.4 Å². The van der Waals surface area contributed by atoms with Crippen LogP contribution in [-0.4, -0.2) is 34.2 Å². The molecule has 0 bridgehead atoms. The molecule has 0 atom stereocenters. The molecule has 20 heavy (non-hydrogen) atoms. The lowest BCUT2D eigenvalue weighted by Gasteiger charge is -2.05. The van der Waals surface area contributed by atoms with Gasteiger partial charge in [-0.05, 0) is 25.5 Å². The predicted octanol–water partition coefficient (Wildman–Crippen LogP) is 3.53. The van der Waals surface area contributed by atoms with Gasteiger partial charge in [0.15, 0.2) is 10.1 Å². The van der Waals surface area contributed by atoms with E-state index in [2.05, 4.69) is 30.8 Å². The predicted molar refractivity (Wildman–Crippen MR) is 86.0 cm³/mol. The second-order valence-corrected chi connectivity index (χ2v) is 7.18. The maximum atomic E-state index is 4.52. The summed E-state index contributed by atoms with van der Waals surface area (Å²) < 4.78 is 0. The molecule has 1 N–H and O–H groups in total. The Labute approximate surface area is 128 Å². The van der Waals surface area contributed by atoms with E-state index in [1.54, 1.807) is 34.0 Å². The lowest BCUT2D eigenvalue weighted by atomic mass is 10.5. The van der Waals surface area contributed by atoms with Gasteiger partial charge in [0.1, 0.15) is 0 Å². The molecule has 0 spiro atoms. The molecule has 5 nitrogen and oxygen atoms in total. The summed E-state index contributed by atoms with van der Waals surface area (Å²) in [5.74, 6) is 0. The van der Waals surface area contributed by atoms with E-state index in [1.807, 2.05) is 31.6 Å². The van der Waals surface area contributed by atoms with Crippen LogP contribution in [0.4, 0.5) is 10.3 Å². The van der Waals surface area contributed by atoms with Crippen LogP contribution >= 0.6 is 34.0 Å². The Morgan fingerprint density at radius 2 is 2.10 bits per heavy atom. The van der Waals surface area contributed by atoms with Gasteiger partial charge in [0.25, 0.3) is 0 Å². The molecule has 0 fully saturated rings. The van der Waals surface area contributed by atoms with Crippen molar-refractivity contribution < 1.29 is 0 Å². The van der Waals surface area contributed by atoms with Crippen LogP contribution in [0.3, 0.4) is 0 Å². The van der Waals surface area contributed by atoms with Gasteiger partial charge in [-0.25, -0.2) is 4.98 Å². The summed E-state index contributed by atoms with van der Waals surface area (Å²) in [4.78, 5) is 7.76. The molecule has 0 saturated carbocycles. The molecule has 104 valence electrons. The van der Waals surface area contributed by atoms with Crippen molar-refractivity contribution in [1.29, 1.82) is 0 Å². The first-order chi connectivity index (χ1) is 9.70. The van der Waals surface area contributed by atoms with Crippen LogP contribution in [0, 0.1) is 0 Å². The van der Waals surface area contributed by atoms with Gasteiger partial charge in [-0.15, -0.1) is 32.9 Å². The Balaban J connectivity index is 1.70. The average molecular weight is 323 g/mol. The monoisotopic (exact) mass is 323 g/mol. The number of rotatable bonds is 5. The van der Waals surface area contributed by atoms with Crippen LogP contribution in [0.5, 0.6) is 0 Å². The Morgan fingerprint density at radius 1 is 1.20 bits per heavy atom. The number of hydrogen-bond donors (Lipinski definition) is 1. The van der Waals surface area contributed by atoms with E-state index in [9.17, 15) is 0 Å². The summed E-state index contributed by atoms with van der Waals surface area (Å²) in [5.41, 5.74) is 1.06. The quantitative estimate of drug-likeness (QED) is 0.778. The van der Waals surface area contributed by atoms with Crippen molar-refractivity contribution in [2.75, 3.05) is 19.4 Å². The van der Waals surface area contributed by atoms with E-state index in [1.165, 1.54) is 0 Å². The second-order valence-electron chi connectivity index (χ2n) is 4.40. The van der Waals surface area contributed by atoms with E-state index >= 15 is 0 Å². The van der Waals surface area contributed by atoms with E-state index < -0.39 is 0 Å². The van der Waals surface area contributed by atoms with Crippen LogP contribution in [0.25, 0.3) is 9.88 Å². The largest absolute Gasteiger partial charge is 0.306 e. The average Bonchev–Trinajstić information content (AvgIpc) is 3.09. The first kappa shape index (κ1) is 13.6. The Hall–Kier alpha value is -1.35. The summed E-state index contributed by atoms with van der Waals surface area (Å²) in [6.07, 6.45) is 0. The molecule has 0 saturated heterocycles. The lowest BCUT2D eigenvalue weighted by Crippen LogP contribution is -2.10. The highest BCUT2D eigenvalue weighted by atomic mass is 32.1. The Bertz CT molecular complexity index is 671. The first-order valence-corrected chi connectivity index (χ1v) is 8.52. The van der Waals surface area contributed by atoms with Crippen molar-refractivity contribution in [2.45, 2.75) is 6.54 Å².